The maximum Gasteiger partial charge on any atom is 0.417 e. The van der Waals surface area contributed by atoms with Gasteiger partial charge >= 0.3 is 6.18 Å². The fourth-order valence-electron chi connectivity index (χ4n) is 2.72. The van der Waals surface area contributed by atoms with Crippen LogP contribution >= 0.6 is 11.6 Å². The Morgan fingerprint density at radius 2 is 1.85 bits per heavy atom. The highest BCUT2D eigenvalue weighted by molar-refractivity contribution is 6.31. The van der Waals surface area contributed by atoms with E-state index in [9.17, 15) is 18.0 Å². The van der Waals surface area contributed by atoms with Crippen LogP contribution in [-0.2, 0) is 15.7 Å². The van der Waals surface area contributed by atoms with E-state index in [1.54, 1.807) is 12.1 Å². The van der Waals surface area contributed by atoms with Crippen molar-refractivity contribution in [1.29, 1.82) is 0 Å². The Kier molecular flexibility index (Phi) is 5.86. The van der Waals surface area contributed by atoms with Crippen LogP contribution in [0.25, 0.3) is 0 Å². The van der Waals surface area contributed by atoms with Crippen molar-refractivity contribution in [2.45, 2.75) is 19.0 Å². The van der Waals surface area contributed by atoms with Crippen molar-refractivity contribution in [3.63, 3.8) is 0 Å². The third kappa shape index (κ3) is 5.11. The molecule has 1 aromatic heterocycles. The lowest BCUT2D eigenvalue weighted by atomic mass is 9.99. The number of anilines is 3. The first-order valence-corrected chi connectivity index (χ1v) is 8.69. The molecule has 1 aliphatic rings. The van der Waals surface area contributed by atoms with E-state index in [1.807, 2.05) is 0 Å². The van der Waals surface area contributed by atoms with E-state index in [2.05, 4.69) is 15.6 Å². The van der Waals surface area contributed by atoms with Crippen LogP contribution in [0, 0.1) is 5.92 Å². The average Bonchev–Trinajstić information content (AvgIpc) is 2.64. The number of aromatic nitrogens is 1. The number of hydrogen-bond acceptors (Lipinski definition) is 4. The molecule has 3 rings (SSSR count). The van der Waals surface area contributed by atoms with Crippen molar-refractivity contribution in [2.75, 3.05) is 23.8 Å². The van der Waals surface area contributed by atoms with Crippen molar-refractivity contribution < 1.29 is 22.7 Å². The summed E-state index contributed by atoms with van der Waals surface area (Å²) in [6.45, 7) is 1.13. The fourth-order valence-corrected chi connectivity index (χ4v) is 2.94. The molecular weight excluding hydrogens is 383 g/mol. The highest BCUT2D eigenvalue weighted by atomic mass is 35.5. The van der Waals surface area contributed by atoms with Gasteiger partial charge in [-0.05, 0) is 43.2 Å². The highest BCUT2D eigenvalue weighted by Crippen LogP contribution is 2.36. The van der Waals surface area contributed by atoms with Crippen LogP contribution < -0.4 is 10.6 Å². The molecule has 5 nitrogen and oxygen atoms in total. The Hall–Kier alpha value is -2.32. The van der Waals surface area contributed by atoms with Gasteiger partial charge in [-0.1, -0.05) is 11.6 Å². The second-order valence-corrected chi connectivity index (χ2v) is 6.53. The van der Waals surface area contributed by atoms with Crippen molar-refractivity contribution in [1.82, 2.24) is 4.98 Å². The predicted octanol–water partition coefficient (Wildman–Crippen LogP) is 4.86. The van der Waals surface area contributed by atoms with Crippen LogP contribution in [0.5, 0.6) is 0 Å². The van der Waals surface area contributed by atoms with Gasteiger partial charge in [-0.15, -0.1) is 0 Å². The molecule has 2 heterocycles. The van der Waals surface area contributed by atoms with E-state index in [0.29, 0.717) is 37.6 Å². The van der Waals surface area contributed by atoms with Gasteiger partial charge in [-0.2, -0.15) is 13.2 Å². The molecule has 0 bridgehead atoms. The lowest BCUT2D eigenvalue weighted by molar-refractivity contribution is -0.137. The molecule has 0 unspecified atom stereocenters. The number of nitrogens with one attached hydrogen (secondary N) is 2. The van der Waals surface area contributed by atoms with E-state index < -0.39 is 11.7 Å². The Morgan fingerprint density at radius 1 is 1.15 bits per heavy atom. The summed E-state index contributed by atoms with van der Waals surface area (Å²) in [6, 6.07) is 6.76. The van der Waals surface area contributed by atoms with Crippen molar-refractivity contribution in [3.8, 4) is 0 Å². The highest BCUT2D eigenvalue weighted by Gasteiger charge is 2.33. The van der Waals surface area contributed by atoms with E-state index in [-0.39, 0.29) is 22.5 Å². The molecular formula is C18H17ClF3N3O2. The number of halogens is 4. The van der Waals surface area contributed by atoms with Crippen LogP contribution in [0.2, 0.25) is 5.02 Å². The standard InChI is InChI=1S/C18H17ClF3N3O2/c19-15-3-1-12(9-14(15)18(20,21)22)24-13-2-4-16(23-10-13)25-17(26)11-5-7-27-8-6-11/h1-4,9-11,24H,5-8H2,(H,23,25,26). The molecule has 1 amide bonds. The molecule has 0 saturated carbocycles. The predicted molar refractivity (Wildman–Crippen MR) is 96.1 cm³/mol. The summed E-state index contributed by atoms with van der Waals surface area (Å²) in [7, 11) is 0. The molecule has 1 aromatic carbocycles. The lowest BCUT2D eigenvalue weighted by Crippen LogP contribution is -2.28. The zero-order valence-electron chi connectivity index (χ0n) is 14.1. The summed E-state index contributed by atoms with van der Waals surface area (Å²) in [5, 5.41) is 5.21. The second-order valence-electron chi connectivity index (χ2n) is 6.13. The number of alkyl halides is 3. The molecule has 1 aliphatic heterocycles. The molecule has 1 saturated heterocycles. The average molecular weight is 400 g/mol. The number of pyridine rings is 1. The first kappa shape index (κ1) is 19.4. The molecule has 9 heteroatoms. The fraction of sp³-hybridized carbons (Fsp3) is 0.333. The molecule has 2 aromatic rings. The summed E-state index contributed by atoms with van der Waals surface area (Å²) in [5.74, 6) is 0.163. The monoisotopic (exact) mass is 399 g/mol. The largest absolute Gasteiger partial charge is 0.417 e. The van der Waals surface area contributed by atoms with Gasteiger partial charge in [-0.3, -0.25) is 4.79 Å². The number of benzene rings is 1. The number of ether oxygens (including phenoxy) is 1. The summed E-state index contributed by atoms with van der Waals surface area (Å²) in [4.78, 5) is 16.3. The Morgan fingerprint density at radius 3 is 2.48 bits per heavy atom. The normalized spacial score (nSPS) is 15.4. The number of rotatable bonds is 4. The van der Waals surface area contributed by atoms with Crippen LogP contribution in [0.3, 0.4) is 0 Å². The third-order valence-electron chi connectivity index (χ3n) is 4.17. The van der Waals surface area contributed by atoms with Gasteiger partial charge in [0.1, 0.15) is 5.82 Å². The van der Waals surface area contributed by atoms with E-state index in [1.165, 1.54) is 18.3 Å². The van der Waals surface area contributed by atoms with Gasteiger partial charge in [0, 0.05) is 24.8 Å². The number of hydrogen-bond donors (Lipinski definition) is 2. The minimum absolute atomic E-state index is 0.104. The minimum atomic E-state index is -4.54. The molecule has 0 atom stereocenters. The van der Waals surface area contributed by atoms with Crippen LogP contribution in [0.1, 0.15) is 18.4 Å². The number of carbonyl (C=O) groups is 1. The van der Waals surface area contributed by atoms with Crippen molar-refractivity contribution >= 4 is 34.7 Å². The van der Waals surface area contributed by atoms with Gasteiger partial charge in [0.15, 0.2) is 0 Å². The summed E-state index contributed by atoms with van der Waals surface area (Å²) >= 11 is 5.61. The first-order chi connectivity index (χ1) is 12.8. The van der Waals surface area contributed by atoms with Crippen LogP contribution in [0.4, 0.5) is 30.4 Å². The Balaban J connectivity index is 1.65. The molecule has 0 aliphatic carbocycles. The van der Waals surface area contributed by atoms with Crippen molar-refractivity contribution in [3.05, 3.63) is 47.1 Å². The molecule has 0 radical (unpaired) electrons. The van der Waals surface area contributed by atoms with Gasteiger partial charge in [0.2, 0.25) is 5.91 Å². The summed E-state index contributed by atoms with van der Waals surface area (Å²) in [6.07, 6.45) is -1.76. The van der Waals surface area contributed by atoms with Crippen molar-refractivity contribution in [2.24, 2.45) is 5.92 Å². The zero-order chi connectivity index (χ0) is 19.4. The molecule has 0 spiro atoms. The Labute approximate surface area is 158 Å². The maximum absolute atomic E-state index is 12.9. The molecule has 2 N–H and O–H groups in total. The lowest BCUT2D eigenvalue weighted by Gasteiger charge is -2.21. The minimum Gasteiger partial charge on any atom is -0.381 e. The molecule has 1 fully saturated rings. The van der Waals surface area contributed by atoms with E-state index in [0.717, 1.165) is 6.07 Å². The van der Waals surface area contributed by atoms with Gasteiger partial charge < -0.3 is 15.4 Å². The summed E-state index contributed by atoms with van der Waals surface area (Å²) < 4.78 is 44.0. The number of nitrogens with zero attached hydrogens (tertiary/aromatic N) is 1. The third-order valence-corrected chi connectivity index (χ3v) is 4.50. The molecule has 27 heavy (non-hydrogen) atoms. The second kappa shape index (κ2) is 8.14. The van der Waals surface area contributed by atoms with Gasteiger partial charge in [0.05, 0.1) is 22.5 Å². The molecule has 144 valence electrons. The zero-order valence-corrected chi connectivity index (χ0v) is 14.9. The quantitative estimate of drug-likeness (QED) is 0.770. The first-order valence-electron chi connectivity index (χ1n) is 8.31. The SMILES string of the molecule is O=C(Nc1ccc(Nc2ccc(Cl)c(C(F)(F)F)c2)cn1)C1CCOCC1. The Bertz CT molecular complexity index is 806. The van der Waals surface area contributed by atoms with E-state index >= 15 is 0 Å². The maximum atomic E-state index is 12.9. The topological polar surface area (TPSA) is 63.2 Å². The number of carbonyl (C=O) groups excluding carboxylic acids is 1. The smallest absolute Gasteiger partial charge is 0.381 e. The van der Waals surface area contributed by atoms with Gasteiger partial charge in [0.25, 0.3) is 0 Å². The van der Waals surface area contributed by atoms with Crippen LogP contribution in [-0.4, -0.2) is 24.1 Å². The van der Waals surface area contributed by atoms with Crippen LogP contribution in [0.15, 0.2) is 36.5 Å². The van der Waals surface area contributed by atoms with Gasteiger partial charge in [-0.25, -0.2) is 4.98 Å². The summed E-state index contributed by atoms with van der Waals surface area (Å²) in [5.41, 5.74) is -0.204. The van der Waals surface area contributed by atoms with E-state index in [4.69, 9.17) is 16.3 Å². The number of amides is 1.